The van der Waals surface area contributed by atoms with Gasteiger partial charge in [0, 0.05) is 12.7 Å². The van der Waals surface area contributed by atoms with E-state index in [1.165, 1.54) is 7.11 Å². The standard InChI is InChI=1S/C9H14N4O3/c1-3-13-5-6(10)8(12-13)9(15)11-4-7(14)16-2/h5H,3-4,10H2,1-2H3,(H,11,15). The summed E-state index contributed by atoms with van der Waals surface area (Å²) in [6, 6.07) is 0. The molecule has 0 saturated heterocycles. The van der Waals surface area contributed by atoms with Crippen molar-refractivity contribution in [2.24, 2.45) is 0 Å². The van der Waals surface area contributed by atoms with Crippen LogP contribution in [0.2, 0.25) is 0 Å². The molecular formula is C9H14N4O3. The van der Waals surface area contributed by atoms with Crippen LogP contribution in [0.5, 0.6) is 0 Å². The van der Waals surface area contributed by atoms with Crippen LogP contribution >= 0.6 is 0 Å². The number of ether oxygens (including phenoxy) is 1. The molecule has 0 aliphatic carbocycles. The van der Waals surface area contributed by atoms with Crippen molar-refractivity contribution in [2.45, 2.75) is 13.5 Å². The molecule has 0 bridgehead atoms. The van der Waals surface area contributed by atoms with E-state index in [2.05, 4.69) is 15.2 Å². The number of nitrogens with two attached hydrogens (primary N) is 1. The lowest BCUT2D eigenvalue weighted by molar-refractivity contribution is -0.139. The van der Waals surface area contributed by atoms with E-state index in [0.717, 1.165) is 0 Å². The topological polar surface area (TPSA) is 99.2 Å². The summed E-state index contributed by atoms with van der Waals surface area (Å²) in [6.45, 7) is 2.30. The SMILES string of the molecule is CCn1cc(N)c(C(=O)NCC(=O)OC)n1. The number of carbonyl (C=O) groups is 2. The third-order valence-electron chi connectivity index (χ3n) is 1.95. The first-order valence-electron chi connectivity index (χ1n) is 4.76. The quantitative estimate of drug-likeness (QED) is 0.667. The monoisotopic (exact) mass is 226 g/mol. The maximum Gasteiger partial charge on any atom is 0.325 e. The summed E-state index contributed by atoms with van der Waals surface area (Å²) in [5.41, 5.74) is 5.99. The smallest absolute Gasteiger partial charge is 0.325 e. The molecule has 7 nitrogen and oxygen atoms in total. The van der Waals surface area contributed by atoms with Gasteiger partial charge < -0.3 is 15.8 Å². The number of anilines is 1. The van der Waals surface area contributed by atoms with Gasteiger partial charge in [0.15, 0.2) is 5.69 Å². The van der Waals surface area contributed by atoms with Crippen LogP contribution in [-0.4, -0.2) is 35.3 Å². The van der Waals surface area contributed by atoms with Crippen molar-refractivity contribution in [1.29, 1.82) is 0 Å². The molecule has 16 heavy (non-hydrogen) atoms. The molecule has 0 aliphatic rings. The molecule has 1 heterocycles. The van der Waals surface area contributed by atoms with Crippen LogP contribution in [0.4, 0.5) is 5.69 Å². The van der Waals surface area contributed by atoms with Crippen LogP contribution in [0.3, 0.4) is 0 Å². The average molecular weight is 226 g/mol. The normalized spacial score (nSPS) is 9.88. The lowest BCUT2D eigenvalue weighted by atomic mass is 10.3. The van der Waals surface area contributed by atoms with Crippen LogP contribution in [0.15, 0.2) is 6.20 Å². The van der Waals surface area contributed by atoms with Crippen LogP contribution < -0.4 is 11.1 Å². The summed E-state index contributed by atoms with van der Waals surface area (Å²) in [4.78, 5) is 22.3. The highest BCUT2D eigenvalue weighted by molar-refractivity contribution is 5.98. The van der Waals surface area contributed by atoms with Gasteiger partial charge in [-0.25, -0.2) is 0 Å². The number of rotatable bonds is 4. The molecule has 0 fully saturated rings. The van der Waals surface area contributed by atoms with Gasteiger partial charge in [0.05, 0.1) is 12.8 Å². The molecule has 0 radical (unpaired) electrons. The highest BCUT2D eigenvalue weighted by Crippen LogP contribution is 2.08. The first-order chi connectivity index (χ1) is 7.58. The largest absolute Gasteiger partial charge is 0.468 e. The second-order valence-electron chi connectivity index (χ2n) is 3.05. The van der Waals surface area contributed by atoms with Crippen molar-refractivity contribution >= 4 is 17.6 Å². The van der Waals surface area contributed by atoms with Gasteiger partial charge in [0.2, 0.25) is 0 Å². The minimum atomic E-state index is -0.526. The number of hydrogen-bond donors (Lipinski definition) is 2. The number of esters is 1. The summed E-state index contributed by atoms with van der Waals surface area (Å²) in [6.07, 6.45) is 1.56. The maximum absolute atomic E-state index is 11.5. The van der Waals surface area contributed by atoms with E-state index < -0.39 is 11.9 Å². The summed E-state index contributed by atoms with van der Waals surface area (Å²) >= 11 is 0. The first-order valence-corrected chi connectivity index (χ1v) is 4.76. The Morgan fingerprint density at radius 2 is 2.31 bits per heavy atom. The van der Waals surface area contributed by atoms with E-state index in [-0.39, 0.29) is 17.9 Å². The Balaban J connectivity index is 2.65. The molecule has 0 aliphatic heterocycles. The molecule has 0 spiro atoms. The lowest BCUT2D eigenvalue weighted by Crippen LogP contribution is -2.30. The zero-order valence-corrected chi connectivity index (χ0v) is 9.19. The van der Waals surface area contributed by atoms with Gasteiger partial charge in [-0.05, 0) is 6.92 Å². The predicted octanol–water partition coefficient (Wildman–Crippen LogP) is -0.612. The molecular weight excluding hydrogens is 212 g/mol. The van der Waals surface area contributed by atoms with Gasteiger partial charge in [-0.2, -0.15) is 5.10 Å². The maximum atomic E-state index is 11.5. The molecule has 88 valence electrons. The Labute approximate surface area is 92.6 Å². The third kappa shape index (κ3) is 2.72. The number of hydrogen-bond acceptors (Lipinski definition) is 5. The summed E-state index contributed by atoms with van der Waals surface area (Å²) < 4.78 is 5.93. The van der Waals surface area contributed by atoms with E-state index in [1.54, 1.807) is 10.9 Å². The highest BCUT2D eigenvalue weighted by Gasteiger charge is 2.15. The molecule has 3 N–H and O–H groups in total. The fraction of sp³-hybridized carbons (Fsp3) is 0.444. The molecule has 0 atom stereocenters. The minimum Gasteiger partial charge on any atom is -0.468 e. The van der Waals surface area contributed by atoms with Gasteiger partial charge in [-0.15, -0.1) is 0 Å². The molecule has 1 aromatic heterocycles. The average Bonchev–Trinajstić information content (AvgIpc) is 2.67. The lowest BCUT2D eigenvalue weighted by Gasteiger charge is -2.01. The molecule has 1 rings (SSSR count). The number of amides is 1. The Bertz CT molecular complexity index is 399. The minimum absolute atomic E-state index is 0.116. The van der Waals surface area contributed by atoms with E-state index in [4.69, 9.17) is 5.73 Å². The van der Waals surface area contributed by atoms with Crippen molar-refractivity contribution in [1.82, 2.24) is 15.1 Å². The molecule has 1 amide bonds. The fourth-order valence-corrected chi connectivity index (χ4v) is 1.08. The van der Waals surface area contributed by atoms with Crippen LogP contribution in [0, 0.1) is 0 Å². The number of carbonyl (C=O) groups excluding carboxylic acids is 2. The van der Waals surface area contributed by atoms with Gasteiger partial charge in [0.1, 0.15) is 6.54 Å². The summed E-state index contributed by atoms with van der Waals surface area (Å²) in [7, 11) is 1.24. The number of aromatic nitrogens is 2. The van der Waals surface area contributed by atoms with Crippen molar-refractivity contribution in [3.63, 3.8) is 0 Å². The predicted molar refractivity (Wildman–Crippen MR) is 56.7 cm³/mol. The fourth-order valence-electron chi connectivity index (χ4n) is 1.08. The van der Waals surface area contributed by atoms with Crippen molar-refractivity contribution < 1.29 is 14.3 Å². The van der Waals surface area contributed by atoms with E-state index in [1.807, 2.05) is 6.92 Å². The van der Waals surface area contributed by atoms with E-state index in [0.29, 0.717) is 6.54 Å². The van der Waals surface area contributed by atoms with Crippen LogP contribution in [-0.2, 0) is 16.1 Å². The number of aryl methyl sites for hydroxylation is 1. The van der Waals surface area contributed by atoms with E-state index >= 15 is 0 Å². The number of methoxy groups -OCH3 is 1. The van der Waals surface area contributed by atoms with Crippen LogP contribution in [0.1, 0.15) is 17.4 Å². The second-order valence-corrected chi connectivity index (χ2v) is 3.05. The molecule has 7 heteroatoms. The number of nitrogens with zero attached hydrogens (tertiary/aromatic N) is 2. The molecule has 0 aromatic carbocycles. The van der Waals surface area contributed by atoms with Crippen molar-refractivity contribution in [3.05, 3.63) is 11.9 Å². The Kier molecular flexibility index (Phi) is 3.87. The third-order valence-corrected chi connectivity index (χ3v) is 1.95. The van der Waals surface area contributed by atoms with Gasteiger partial charge in [-0.1, -0.05) is 0 Å². The second kappa shape index (κ2) is 5.15. The zero-order valence-electron chi connectivity index (χ0n) is 9.19. The van der Waals surface area contributed by atoms with E-state index in [9.17, 15) is 9.59 Å². The van der Waals surface area contributed by atoms with Crippen LogP contribution in [0.25, 0.3) is 0 Å². The number of nitrogen functional groups attached to an aromatic ring is 1. The Morgan fingerprint density at radius 1 is 1.62 bits per heavy atom. The molecule has 0 unspecified atom stereocenters. The number of nitrogens with one attached hydrogen (secondary N) is 1. The van der Waals surface area contributed by atoms with Gasteiger partial charge in [0.25, 0.3) is 5.91 Å². The summed E-state index contributed by atoms with van der Waals surface area (Å²) in [5, 5.41) is 6.32. The Hall–Kier alpha value is -2.05. The molecule has 1 aromatic rings. The van der Waals surface area contributed by atoms with Crippen molar-refractivity contribution in [2.75, 3.05) is 19.4 Å². The van der Waals surface area contributed by atoms with Crippen molar-refractivity contribution in [3.8, 4) is 0 Å². The Morgan fingerprint density at radius 3 is 2.81 bits per heavy atom. The van der Waals surface area contributed by atoms with Gasteiger partial charge in [-0.3, -0.25) is 14.3 Å². The highest BCUT2D eigenvalue weighted by atomic mass is 16.5. The summed E-state index contributed by atoms with van der Waals surface area (Å²) in [5.74, 6) is -1.02. The first kappa shape index (κ1) is 12.0. The zero-order chi connectivity index (χ0) is 12.1. The molecule has 0 saturated carbocycles. The van der Waals surface area contributed by atoms with Gasteiger partial charge >= 0.3 is 5.97 Å².